The third kappa shape index (κ3) is 1.89. The highest BCUT2D eigenvalue weighted by Gasteiger charge is 2.16. The first kappa shape index (κ1) is 9.79. The van der Waals surface area contributed by atoms with Gasteiger partial charge >= 0.3 is 0 Å². The molecule has 0 unspecified atom stereocenters. The molecule has 0 aromatic carbocycles. The lowest BCUT2D eigenvalue weighted by Crippen LogP contribution is -2.16. The Balaban J connectivity index is 3.38. The predicted octanol–water partition coefficient (Wildman–Crippen LogP) is 0.910. The van der Waals surface area contributed by atoms with Crippen molar-refractivity contribution >= 4 is 0 Å². The van der Waals surface area contributed by atoms with Gasteiger partial charge < -0.3 is 10.7 Å². The van der Waals surface area contributed by atoms with Crippen LogP contribution >= 0.6 is 0 Å². The second kappa shape index (κ2) is 3.61. The lowest BCUT2D eigenvalue weighted by Gasteiger charge is -2.06. The number of nitrogens with two attached hydrogens (primary N) is 1. The van der Waals surface area contributed by atoms with Crippen LogP contribution in [0.1, 0.15) is 17.7 Å². The zero-order valence-corrected chi connectivity index (χ0v) is 6.48. The molecular weight excluding hydrogens is 185 g/mol. The topological polar surface area (TPSA) is 58.9 Å². The number of alkyl halides is 2. The fraction of sp³-hybridized carbons (Fsp3) is 0.286. The molecule has 0 fully saturated rings. The molecule has 0 spiro atoms. The molecule has 0 saturated carbocycles. The molecule has 0 bridgehead atoms. The highest BCUT2D eigenvalue weighted by atomic mass is 19.3. The minimum atomic E-state index is -2.93. The van der Waals surface area contributed by atoms with E-state index in [4.69, 9.17) is 5.73 Å². The van der Waals surface area contributed by atoms with Gasteiger partial charge in [-0.15, -0.1) is 0 Å². The summed E-state index contributed by atoms with van der Waals surface area (Å²) < 4.78 is 37.2. The van der Waals surface area contributed by atoms with E-state index in [-0.39, 0.29) is 12.1 Å². The molecule has 0 amide bonds. The Morgan fingerprint density at radius 1 is 1.54 bits per heavy atom. The van der Waals surface area contributed by atoms with Crippen LogP contribution in [-0.4, -0.2) is 4.98 Å². The largest absolute Gasteiger partial charge is 0.326 e. The molecule has 0 aliphatic carbocycles. The van der Waals surface area contributed by atoms with Gasteiger partial charge in [0.15, 0.2) is 0 Å². The van der Waals surface area contributed by atoms with E-state index in [1.165, 1.54) is 0 Å². The van der Waals surface area contributed by atoms with Gasteiger partial charge in [-0.25, -0.2) is 13.2 Å². The van der Waals surface area contributed by atoms with Crippen LogP contribution < -0.4 is 11.3 Å². The Kier molecular flexibility index (Phi) is 2.72. The van der Waals surface area contributed by atoms with Crippen LogP contribution in [0.5, 0.6) is 0 Å². The van der Waals surface area contributed by atoms with Crippen molar-refractivity contribution in [3.63, 3.8) is 0 Å². The van der Waals surface area contributed by atoms with Crippen molar-refractivity contribution in [1.82, 2.24) is 4.98 Å². The zero-order valence-electron chi connectivity index (χ0n) is 6.48. The summed E-state index contributed by atoms with van der Waals surface area (Å²) in [4.78, 5) is 12.5. The number of nitrogens with one attached hydrogen (secondary N) is 1. The highest BCUT2D eigenvalue weighted by Crippen LogP contribution is 2.20. The SMILES string of the molecule is NCc1c(F)cc(=O)[nH]c1C(F)F. The number of halogens is 3. The summed E-state index contributed by atoms with van der Waals surface area (Å²) in [5.74, 6) is -0.999. The molecule has 1 rings (SSSR count). The number of hydrogen-bond donors (Lipinski definition) is 2. The number of aromatic amines is 1. The van der Waals surface area contributed by atoms with E-state index < -0.39 is 23.5 Å². The molecule has 0 radical (unpaired) electrons. The molecule has 0 aliphatic heterocycles. The maximum Gasteiger partial charge on any atom is 0.278 e. The molecular formula is C7H7F3N2O. The summed E-state index contributed by atoms with van der Waals surface area (Å²) in [5, 5.41) is 0. The predicted molar refractivity (Wildman–Crippen MR) is 39.9 cm³/mol. The van der Waals surface area contributed by atoms with Gasteiger partial charge in [-0.1, -0.05) is 0 Å². The van der Waals surface area contributed by atoms with E-state index in [9.17, 15) is 18.0 Å². The van der Waals surface area contributed by atoms with Crippen LogP contribution in [0.4, 0.5) is 13.2 Å². The minimum absolute atomic E-state index is 0.352. The second-order valence-electron chi connectivity index (χ2n) is 2.38. The highest BCUT2D eigenvalue weighted by molar-refractivity contribution is 5.22. The van der Waals surface area contributed by atoms with Crippen LogP contribution in [-0.2, 0) is 6.54 Å². The average Bonchev–Trinajstić information content (AvgIpc) is 2.02. The van der Waals surface area contributed by atoms with Crippen molar-refractivity contribution in [1.29, 1.82) is 0 Å². The van der Waals surface area contributed by atoms with E-state index in [2.05, 4.69) is 0 Å². The third-order valence-electron chi connectivity index (χ3n) is 1.55. The van der Waals surface area contributed by atoms with Gasteiger partial charge in [0, 0.05) is 18.2 Å². The molecule has 0 saturated heterocycles. The van der Waals surface area contributed by atoms with E-state index in [0.717, 1.165) is 0 Å². The van der Waals surface area contributed by atoms with Crippen LogP contribution in [0.25, 0.3) is 0 Å². The molecule has 6 heteroatoms. The van der Waals surface area contributed by atoms with Crippen LogP contribution in [0.2, 0.25) is 0 Å². The fourth-order valence-electron chi connectivity index (χ4n) is 0.969. The first-order valence-corrected chi connectivity index (χ1v) is 3.46. The van der Waals surface area contributed by atoms with Crippen molar-refractivity contribution in [2.45, 2.75) is 13.0 Å². The van der Waals surface area contributed by atoms with Crippen LogP contribution in [0.3, 0.4) is 0 Å². The Hall–Kier alpha value is -1.30. The summed E-state index contributed by atoms with van der Waals surface area (Å²) >= 11 is 0. The Morgan fingerprint density at radius 3 is 2.62 bits per heavy atom. The number of H-pyrrole nitrogens is 1. The summed E-state index contributed by atoms with van der Waals surface area (Å²) in [6.07, 6.45) is -2.93. The first-order valence-electron chi connectivity index (χ1n) is 3.46. The van der Waals surface area contributed by atoms with Gasteiger partial charge in [0.2, 0.25) is 0 Å². The standard InChI is InChI=1S/C7H7F3N2O/c8-4-1-5(13)12-6(7(9)10)3(4)2-11/h1,7H,2,11H2,(H,12,13). The normalized spacial score (nSPS) is 10.8. The molecule has 13 heavy (non-hydrogen) atoms. The van der Waals surface area contributed by atoms with Crippen molar-refractivity contribution in [2.75, 3.05) is 0 Å². The Bertz CT molecular complexity index is 361. The summed E-state index contributed by atoms with van der Waals surface area (Å²) in [6.45, 7) is -0.373. The van der Waals surface area contributed by atoms with E-state index >= 15 is 0 Å². The molecule has 1 aromatic rings. The maximum absolute atomic E-state index is 12.8. The number of rotatable bonds is 2. The summed E-state index contributed by atoms with van der Waals surface area (Å²) in [7, 11) is 0. The summed E-state index contributed by atoms with van der Waals surface area (Å²) in [6, 6.07) is 0.591. The molecule has 3 nitrogen and oxygen atoms in total. The van der Waals surface area contributed by atoms with Crippen LogP contribution in [0.15, 0.2) is 10.9 Å². The second-order valence-corrected chi connectivity index (χ2v) is 2.38. The average molecular weight is 192 g/mol. The van der Waals surface area contributed by atoms with Crippen LogP contribution in [0, 0.1) is 5.82 Å². The molecule has 1 heterocycles. The quantitative estimate of drug-likeness (QED) is 0.731. The summed E-state index contributed by atoms with van der Waals surface area (Å²) in [5.41, 5.74) is 3.05. The monoisotopic (exact) mass is 192 g/mol. The van der Waals surface area contributed by atoms with E-state index in [1.54, 1.807) is 0 Å². The van der Waals surface area contributed by atoms with Gasteiger partial charge in [0.1, 0.15) is 5.82 Å². The van der Waals surface area contributed by atoms with Gasteiger partial charge in [0.05, 0.1) is 5.69 Å². The molecule has 3 N–H and O–H groups in total. The lowest BCUT2D eigenvalue weighted by molar-refractivity contribution is 0.144. The number of hydrogen-bond acceptors (Lipinski definition) is 2. The van der Waals surface area contributed by atoms with Gasteiger partial charge in [-0.05, 0) is 0 Å². The van der Waals surface area contributed by atoms with Crippen molar-refractivity contribution < 1.29 is 13.2 Å². The number of aromatic nitrogens is 1. The first-order chi connectivity index (χ1) is 6.06. The lowest BCUT2D eigenvalue weighted by atomic mass is 10.2. The fourth-order valence-corrected chi connectivity index (χ4v) is 0.969. The maximum atomic E-state index is 12.8. The molecule has 0 aliphatic rings. The van der Waals surface area contributed by atoms with Crippen molar-refractivity contribution in [2.24, 2.45) is 5.73 Å². The molecule has 0 atom stereocenters. The van der Waals surface area contributed by atoms with Gasteiger partial charge in [0.25, 0.3) is 12.0 Å². The smallest absolute Gasteiger partial charge is 0.278 e. The van der Waals surface area contributed by atoms with Gasteiger partial charge in [-0.3, -0.25) is 4.79 Å². The van der Waals surface area contributed by atoms with E-state index in [0.29, 0.717) is 6.07 Å². The molecule has 72 valence electrons. The Morgan fingerprint density at radius 2 is 2.15 bits per heavy atom. The third-order valence-corrected chi connectivity index (χ3v) is 1.55. The van der Waals surface area contributed by atoms with Crippen molar-refractivity contribution in [3.8, 4) is 0 Å². The van der Waals surface area contributed by atoms with Gasteiger partial charge in [-0.2, -0.15) is 0 Å². The minimum Gasteiger partial charge on any atom is -0.326 e. The van der Waals surface area contributed by atoms with Crippen molar-refractivity contribution in [3.05, 3.63) is 33.5 Å². The Labute approximate surface area is 71.4 Å². The molecule has 1 aromatic heterocycles. The van der Waals surface area contributed by atoms with E-state index in [1.807, 2.05) is 4.98 Å². The zero-order chi connectivity index (χ0) is 10.0. The number of pyridine rings is 1.